The van der Waals surface area contributed by atoms with Crippen LogP contribution in [-0.4, -0.2) is 43.7 Å². The molecule has 1 atom stereocenters. The number of hydrogen-bond acceptors (Lipinski definition) is 7. The highest BCUT2D eigenvalue weighted by atomic mass is 35.5. The van der Waals surface area contributed by atoms with Gasteiger partial charge in [-0.1, -0.05) is 11.6 Å². The summed E-state index contributed by atoms with van der Waals surface area (Å²) in [6.07, 6.45) is 5.48. The minimum atomic E-state index is -0.508. The molecule has 0 bridgehead atoms. The number of halogens is 2. The van der Waals surface area contributed by atoms with Crippen molar-refractivity contribution in [2.45, 2.75) is 38.8 Å². The maximum Gasteiger partial charge on any atom is 0.261 e. The van der Waals surface area contributed by atoms with E-state index in [4.69, 9.17) is 26.3 Å². The molecule has 35 heavy (non-hydrogen) atoms. The lowest BCUT2D eigenvalue weighted by Crippen LogP contribution is -2.27. The Bertz CT molecular complexity index is 1520. The molecule has 0 radical (unpaired) electrons. The first-order valence-electron chi connectivity index (χ1n) is 11.6. The Morgan fingerprint density at radius 1 is 1.14 bits per heavy atom. The van der Waals surface area contributed by atoms with Crippen molar-refractivity contribution in [3.63, 3.8) is 0 Å². The minimum Gasteiger partial charge on any atom is -0.471 e. The predicted molar refractivity (Wildman–Crippen MR) is 131 cm³/mol. The van der Waals surface area contributed by atoms with Crippen LogP contribution in [0.2, 0.25) is 5.02 Å². The van der Waals surface area contributed by atoms with Crippen LogP contribution in [0.15, 0.2) is 41.5 Å². The van der Waals surface area contributed by atoms with Gasteiger partial charge in [-0.3, -0.25) is 14.3 Å². The Balaban J connectivity index is 1.43. The molecule has 5 heterocycles. The lowest BCUT2D eigenvalue weighted by atomic mass is 10.1. The summed E-state index contributed by atoms with van der Waals surface area (Å²) in [5.74, 6) is 1.26. The fourth-order valence-corrected chi connectivity index (χ4v) is 4.96. The SMILES string of the molecule is Cc1cncc(OC2CCN(c3cc4c(=O)n5c(nc4c(-c4ccc(Cl)cc4F)n3)CCC5)C2)n1. The zero-order chi connectivity index (χ0) is 24.1. The van der Waals surface area contributed by atoms with Gasteiger partial charge >= 0.3 is 0 Å². The Morgan fingerprint density at radius 2 is 2.03 bits per heavy atom. The molecule has 0 amide bonds. The fourth-order valence-electron chi connectivity index (χ4n) is 4.80. The van der Waals surface area contributed by atoms with E-state index >= 15 is 4.39 Å². The van der Waals surface area contributed by atoms with Crippen molar-refractivity contribution in [1.29, 1.82) is 0 Å². The zero-order valence-electron chi connectivity index (χ0n) is 19.0. The van der Waals surface area contributed by atoms with Gasteiger partial charge < -0.3 is 9.64 Å². The first-order valence-corrected chi connectivity index (χ1v) is 11.9. The van der Waals surface area contributed by atoms with Crippen LogP contribution in [0.4, 0.5) is 10.2 Å². The third-order valence-corrected chi connectivity index (χ3v) is 6.70. The number of hydrogen-bond donors (Lipinski definition) is 0. The molecule has 0 spiro atoms. The van der Waals surface area contributed by atoms with Crippen molar-refractivity contribution in [2.24, 2.45) is 0 Å². The number of anilines is 1. The number of pyridine rings is 1. The van der Waals surface area contributed by atoms with Crippen LogP contribution < -0.4 is 15.2 Å². The Kier molecular flexibility index (Phi) is 5.36. The summed E-state index contributed by atoms with van der Waals surface area (Å²) in [6, 6.07) is 6.22. The Labute approximate surface area is 205 Å². The van der Waals surface area contributed by atoms with Gasteiger partial charge in [-0.25, -0.2) is 19.3 Å². The third-order valence-electron chi connectivity index (χ3n) is 6.46. The first-order chi connectivity index (χ1) is 17.0. The highest BCUT2D eigenvalue weighted by Gasteiger charge is 2.28. The summed E-state index contributed by atoms with van der Waals surface area (Å²) in [7, 11) is 0. The molecular formula is C25H22ClFN6O2. The van der Waals surface area contributed by atoms with E-state index in [-0.39, 0.29) is 17.2 Å². The average Bonchev–Trinajstić information content (AvgIpc) is 3.49. The molecule has 0 N–H and O–H groups in total. The van der Waals surface area contributed by atoms with Gasteiger partial charge in [0, 0.05) is 42.7 Å². The van der Waals surface area contributed by atoms with E-state index in [9.17, 15) is 4.79 Å². The van der Waals surface area contributed by atoms with E-state index in [1.165, 1.54) is 6.07 Å². The van der Waals surface area contributed by atoms with Crippen LogP contribution in [0.25, 0.3) is 22.2 Å². The molecule has 178 valence electrons. The molecule has 6 rings (SSSR count). The van der Waals surface area contributed by atoms with Crippen molar-refractivity contribution in [3.8, 4) is 17.1 Å². The van der Waals surface area contributed by atoms with Crippen molar-refractivity contribution in [1.82, 2.24) is 24.5 Å². The van der Waals surface area contributed by atoms with E-state index < -0.39 is 5.82 Å². The van der Waals surface area contributed by atoms with Crippen molar-refractivity contribution >= 4 is 28.3 Å². The molecule has 2 aliphatic rings. The van der Waals surface area contributed by atoms with Crippen LogP contribution >= 0.6 is 11.6 Å². The number of rotatable bonds is 4. The van der Waals surface area contributed by atoms with Crippen LogP contribution in [-0.2, 0) is 13.0 Å². The van der Waals surface area contributed by atoms with Crippen molar-refractivity contribution in [3.05, 3.63) is 69.4 Å². The lowest BCUT2D eigenvalue weighted by Gasteiger charge is -2.20. The number of aromatic nitrogens is 5. The zero-order valence-corrected chi connectivity index (χ0v) is 19.8. The second-order valence-electron chi connectivity index (χ2n) is 8.91. The Hall–Kier alpha value is -3.59. The van der Waals surface area contributed by atoms with E-state index in [2.05, 4.69) is 9.97 Å². The van der Waals surface area contributed by atoms with Crippen molar-refractivity contribution < 1.29 is 9.13 Å². The highest BCUT2D eigenvalue weighted by molar-refractivity contribution is 6.30. The van der Waals surface area contributed by atoms with Crippen LogP contribution in [0.3, 0.4) is 0 Å². The quantitative estimate of drug-likeness (QED) is 0.426. The molecule has 8 nitrogen and oxygen atoms in total. The van der Waals surface area contributed by atoms with Gasteiger partial charge in [-0.05, 0) is 37.6 Å². The number of aryl methyl sites for hydroxylation is 2. The van der Waals surface area contributed by atoms with E-state index in [1.807, 2.05) is 11.8 Å². The number of fused-ring (bicyclic) bond motifs is 2. The molecule has 1 unspecified atom stereocenters. The summed E-state index contributed by atoms with van der Waals surface area (Å²) in [6.45, 7) is 3.72. The van der Waals surface area contributed by atoms with E-state index in [0.29, 0.717) is 65.2 Å². The second-order valence-corrected chi connectivity index (χ2v) is 9.35. The van der Waals surface area contributed by atoms with Gasteiger partial charge in [0.2, 0.25) is 5.88 Å². The summed E-state index contributed by atoms with van der Waals surface area (Å²) in [5, 5.41) is 0.721. The van der Waals surface area contributed by atoms with Crippen LogP contribution in [0.1, 0.15) is 24.4 Å². The first kappa shape index (κ1) is 21.9. The molecule has 4 aromatic rings. The second kappa shape index (κ2) is 8.57. The third kappa shape index (κ3) is 3.99. The number of benzene rings is 1. The van der Waals surface area contributed by atoms with Crippen LogP contribution in [0, 0.1) is 12.7 Å². The van der Waals surface area contributed by atoms with Gasteiger partial charge in [0.15, 0.2) is 0 Å². The largest absolute Gasteiger partial charge is 0.471 e. The molecule has 10 heteroatoms. The lowest BCUT2D eigenvalue weighted by molar-refractivity contribution is 0.214. The maximum atomic E-state index is 15.0. The number of nitrogens with zero attached hydrogens (tertiary/aromatic N) is 6. The van der Waals surface area contributed by atoms with Gasteiger partial charge in [-0.15, -0.1) is 0 Å². The maximum absolute atomic E-state index is 15.0. The van der Waals surface area contributed by atoms with Crippen molar-refractivity contribution in [2.75, 3.05) is 18.0 Å². The normalized spacial score (nSPS) is 17.2. The predicted octanol–water partition coefficient (Wildman–Crippen LogP) is 3.95. The van der Waals surface area contributed by atoms with E-state index in [1.54, 1.807) is 35.2 Å². The standard InChI is InChI=1S/C25H22ClFN6O2/c1-14-11-28-12-22(29-14)35-16-6-8-32(13-16)21-10-18-24(30-20-3-2-7-33(20)25(18)34)23(31-21)17-5-4-15(26)9-19(17)27/h4-5,9-12,16H,2-3,6-8,13H2,1H3. The minimum absolute atomic E-state index is 0.112. The number of ether oxygens (including phenoxy) is 1. The molecule has 1 fully saturated rings. The molecule has 0 aliphatic carbocycles. The molecular weight excluding hydrogens is 471 g/mol. The van der Waals surface area contributed by atoms with Crippen LogP contribution in [0.5, 0.6) is 5.88 Å². The smallest absolute Gasteiger partial charge is 0.261 e. The van der Waals surface area contributed by atoms with Gasteiger partial charge in [0.25, 0.3) is 5.56 Å². The van der Waals surface area contributed by atoms with Gasteiger partial charge in [0.05, 0.1) is 23.8 Å². The molecule has 3 aromatic heterocycles. The fraction of sp³-hybridized carbons (Fsp3) is 0.320. The Morgan fingerprint density at radius 3 is 2.86 bits per heavy atom. The summed E-state index contributed by atoms with van der Waals surface area (Å²) in [4.78, 5) is 33.5. The van der Waals surface area contributed by atoms with E-state index in [0.717, 1.165) is 18.5 Å². The summed E-state index contributed by atoms with van der Waals surface area (Å²) >= 11 is 5.99. The topological polar surface area (TPSA) is 86.0 Å². The molecule has 1 aromatic carbocycles. The molecule has 1 saturated heterocycles. The summed E-state index contributed by atoms with van der Waals surface area (Å²) < 4.78 is 22.7. The highest BCUT2D eigenvalue weighted by Crippen LogP contribution is 2.33. The molecule has 2 aliphatic heterocycles. The molecule has 0 saturated carbocycles. The summed E-state index contributed by atoms with van der Waals surface area (Å²) in [5.41, 5.74) is 1.67. The van der Waals surface area contributed by atoms with Gasteiger partial charge in [0.1, 0.15) is 34.8 Å². The van der Waals surface area contributed by atoms with Gasteiger partial charge in [-0.2, -0.15) is 0 Å². The monoisotopic (exact) mass is 492 g/mol. The average molecular weight is 493 g/mol.